The summed E-state index contributed by atoms with van der Waals surface area (Å²) >= 11 is 2.73. The minimum atomic E-state index is -0.0956. The molecule has 1 fully saturated rings. The fraction of sp³-hybridized carbons (Fsp3) is 0.364. The molecule has 1 N–H and O–H groups in total. The Labute approximate surface area is 184 Å². The largest absolute Gasteiger partial charge is 0.349 e. The van der Waals surface area contributed by atoms with Gasteiger partial charge in [0.2, 0.25) is 16.9 Å². The van der Waals surface area contributed by atoms with Gasteiger partial charge in [-0.2, -0.15) is 0 Å². The second-order valence-electron chi connectivity index (χ2n) is 7.35. The van der Waals surface area contributed by atoms with Crippen molar-refractivity contribution in [2.45, 2.75) is 49.5 Å². The van der Waals surface area contributed by atoms with Gasteiger partial charge in [0.1, 0.15) is 0 Å². The van der Waals surface area contributed by atoms with Crippen LogP contribution in [0.3, 0.4) is 0 Å². The van der Waals surface area contributed by atoms with Gasteiger partial charge in [-0.3, -0.25) is 14.5 Å². The molecule has 4 rings (SSSR count). The van der Waals surface area contributed by atoms with Crippen LogP contribution in [0.2, 0.25) is 0 Å². The Morgan fingerprint density at radius 1 is 1.20 bits per heavy atom. The second kappa shape index (κ2) is 9.14. The lowest BCUT2D eigenvalue weighted by molar-refractivity contribution is -0.119. The van der Waals surface area contributed by atoms with Crippen molar-refractivity contribution in [3.63, 3.8) is 0 Å². The summed E-state index contributed by atoms with van der Waals surface area (Å²) in [5.41, 5.74) is 1.10. The number of anilines is 1. The van der Waals surface area contributed by atoms with Crippen LogP contribution in [0.15, 0.2) is 46.8 Å². The molecule has 2 amide bonds. The Morgan fingerprint density at radius 3 is 2.73 bits per heavy atom. The van der Waals surface area contributed by atoms with Crippen molar-refractivity contribution < 1.29 is 9.59 Å². The first kappa shape index (κ1) is 20.8. The lowest BCUT2D eigenvalue weighted by Gasteiger charge is -2.17. The minimum Gasteiger partial charge on any atom is -0.349 e. The Hall–Kier alpha value is -2.45. The van der Waals surface area contributed by atoms with Crippen LogP contribution in [-0.4, -0.2) is 33.8 Å². The average molecular weight is 441 g/mol. The Balaban J connectivity index is 1.36. The maximum Gasteiger partial charge on any atom is 0.230 e. The summed E-state index contributed by atoms with van der Waals surface area (Å²) in [4.78, 5) is 26.5. The van der Waals surface area contributed by atoms with Crippen LogP contribution in [0.1, 0.15) is 44.7 Å². The lowest BCUT2D eigenvalue weighted by Crippen LogP contribution is -2.32. The molecule has 0 saturated heterocycles. The van der Waals surface area contributed by atoms with Crippen LogP contribution in [0.25, 0.3) is 10.8 Å². The molecule has 1 aliphatic rings. The zero-order chi connectivity index (χ0) is 21.1. The number of hydrogen-bond donors (Lipinski definition) is 1. The molecule has 0 aliphatic heterocycles. The number of carbonyl (C=O) groups is 2. The van der Waals surface area contributed by atoms with Gasteiger partial charge in [-0.25, -0.2) is 0 Å². The number of aromatic nitrogens is 2. The van der Waals surface area contributed by atoms with Crippen molar-refractivity contribution in [2.75, 3.05) is 10.7 Å². The highest BCUT2D eigenvalue weighted by atomic mass is 32.2. The van der Waals surface area contributed by atoms with Crippen LogP contribution in [0.5, 0.6) is 0 Å². The molecule has 1 aliphatic carbocycles. The van der Waals surface area contributed by atoms with Gasteiger partial charge in [0.15, 0.2) is 4.34 Å². The van der Waals surface area contributed by atoms with E-state index in [0.717, 1.165) is 29.2 Å². The highest BCUT2D eigenvalue weighted by Crippen LogP contribution is 2.36. The molecule has 0 unspecified atom stereocenters. The quantitative estimate of drug-likeness (QED) is 0.410. The van der Waals surface area contributed by atoms with E-state index in [-0.39, 0.29) is 29.7 Å². The third kappa shape index (κ3) is 4.65. The molecule has 1 saturated carbocycles. The summed E-state index contributed by atoms with van der Waals surface area (Å²) in [7, 11) is 0. The van der Waals surface area contributed by atoms with Gasteiger partial charge in [-0.15, -0.1) is 10.2 Å². The van der Waals surface area contributed by atoms with E-state index < -0.39 is 0 Å². The van der Waals surface area contributed by atoms with E-state index in [9.17, 15) is 9.59 Å². The second-order valence-corrected chi connectivity index (χ2v) is 9.52. The van der Waals surface area contributed by atoms with Crippen molar-refractivity contribution in [1.82, 2.24) is 15.5 Å². The highest BCUT2D eigenvalue weighted by molar-refractivity contribution is 8.01. The molecule has 2 aromatic carbocycles. The molecule has 30 heavy (non-hydrogen) atoms. The van der Waals surface area contributed by atoms with Gasteiger partial charge in [-0.1, -0.05) is 72.5 Å². The first-order chi connectivity index (χ1) is 14.6. The van der Waals surface area contributed by atoms with E-state index in [0.29, 0.717) is 15.9 Å². The van der Waals surface area contributed by atoms with Crippen molar-refractivity contribution in [3.05, 3.63) is 48.0 Å². The summed E-state index contributed by atoms with van der Waals surface area (Å²) in [6, 6.07) is 14.5. The summed E-state index contributed by atoms with van der Waals surface area (Å²) < 4.78 is 0.701. The van der Waals surface area contributed by atoms with Gasteiger partial charge in [-0.05, 0) is 36.1 Å². The average Bonchev–Trinajstić information content (AvgIpc) is 3.48. The first-order valence-corrected chi connectivity index (χ1v) is 11.9. The number of benzene rings is 2. The van der Waals surface area contributed by atoms with Crippen LogP contribution < -0.4 is 10.2 Å². The molecule has 156 valence electrons. The van der Waals surface area contributed by atoms with Crippen LogP contribution in [-0.2, 0) is 9.59 Å². The molecular weight excluding hydrogens is 416 g/mol. The number of nitrogens with zero attached hydrogens (tertiary/aromatic N) is 3. The Bertz CT molecular complexity index is 1060. The molecule has 8 heteroatoms. The molecule has 1 heterocycles. The molecule has 0 radical (unpaired) electrons. The summed E-state index contributed by atoms with van der Waals surface area (Å²) in [6.45, 7) is 3.85. The smallest absolute Gasteiger partial charge is 0.230 e. The number of nitrogens with one attached hydrogen (secondary N) is 1. The number of carbonyl (C=O) groups excluding carboxylic acids is 2. The standard InChI is InChI=1S/C22H24N4O2S2/c1-3-20(28)26(16-11-12-16)21-24-25-22(30-21)29-13-19(27)23-14(2)17-10-6-8-15-7-4-5-9-18(15)17/h4-10,14,16H,3,11-13H2,1-2H3,(H,23,27)/t14-/m0/s1. The zero-order valence-electron chi connectivity index (χ0n) is 17.0. The molecule has 6 nitrogen and oxygen atoms in total. The Morgan fingerprint density at radius 2 is 1.97 bits per heavy atom. The number of amides is 2. The van der Waals surface area contributed by atoms with Crippen molar-refractivity contribution >= 4 is 50.8 Å². The summed E-state index contributed by atoms with van der Waals surface area (Å²) in [5, 5.41) is 14.4. The van der Waals surface area contributed by atoms with Gasteiger partial charge < -0.3 is 5.32 Å². The van der Waals surface area contributed by atoms with E-state index in [4.69, 9.17) is 0 Å². The third-order valence-electron chi connectivity index (χ3n) is 5.08. The van der Waals surface area contributed by atoms with Crippen LogP contribution in [0, 0.1) is 0 Å². The van der Waals surface area contributed by atoms with E-state index in [1.54, 1.807) is 4.90 Å². The van der Waals surface area contributed by atoms with Gasteiger partial charge in [0, 0.05) is 12.5 Å². The normalized spacial score (nSPS) is 14.5. The van der Waals surface area contributed by atoms with Crippen LogP contribution >= 0.6 is 23.1 Å². The van der Waals surface area contributed by atoms with E-state index in [1.165, 1.54) is 23.1 Å². The summed E-state index contributed by atoms with van der Waals surface area (Å²) in [5.74, 6) is 0.280. The monoisotopic (exact) mass is 440 g/mol. The molecule has 3 aromatic rings. The van der Waals surface area contributed by atoms with E-state index in [2.05, 4.69) is 39.8 Å². The fourth-order valence-corrected chi connectivity index (χ4v) is 5.19. The van der Waals surface area contributed by atoms with E-state index in [1.807, 2.05) is 32.0 Å². The number of rotatable bonds is 8. The third-order valence-corrected chi connectivity index (χ3v) is 7.14. The molecular formula is C22H24N4O2S2. The van der Waals surface area contributed by atoms with Crippen molar-refractivity contribution in [2.24, 2.45) is 0 Å². The maximum absolute atomic E-state index is 12.5. The van der Waals surface area contributed by atoms with Crippen LogP contribution in [0.4, 0.5) is 5.13 Å². The minimum absolute atomic E-state index is 0.0548. The number of hydrogen-bond acceptors (Lipinski definition) is 6. The van der Waals surface area contributed by atoms with Crippen molar-refractivity contribution in [1.29, 1.82) is 0 Å². The SMILES string of the molecule is CCC(=O)N(c1nnc(SCC(=O)N[C@@H](C)c2cccc3ccccc23)s1)C1CC1. The lowest BCUT2D eigenvalue weighted by atomic mass is 10.00. The molecule has 1 aromatic heterocycles. The highest BCUT2D eigenvalue weighted by Gasteiger charge is 2.35. The first-order valence-electron chi connectivity index (χ1n) is 10.1. The molecule has 0 bridgehead atoms. The predicted molar refractivity (Wildman–Crippen MR) is 122 cm³/mol. The van der Waals surface area contributed by atoms with Gasteiger partial charge >= 0.3 is 0 Å². The summed E-state index contributed by atoms with van der Waals surface area (Å²) in [6.07, 6.45) is 2.48. The zero-order valence-corrected chi connectivity index (χ0v) is 18.6. The van der Waals surface area contributed by atoms with Gasteiger partial charge in [0.05, 0.1) is 11.8 Å². The van der Waals surface area contributed by atoms with E-state index >= 15 is 0 Å². The number of thioether (sulfide) groups is 1. The molecule has 1 atom stereocenters. The maximum atomic E-state index is 12.5. The fourth-order valence-electron chi connectivity index (χ4n) is 3.44. The number of fused-ring (bicyclic) bond motifs is 1. The Kier molecular flexibility index (Phi) is 6.34. The van der Waals surface area contributed by atoms with Crippen molar-refractivity contribution in [3.8, 4) is 0 Å². The topological polar surface area (TPSA) is 75.2 Å². The van der Waals surface area contributed by atoms with Gasteiger partial charge in [0.25, 0.3) is 0 Å². The predicted octanol–water partition coefficient (Wildman–Crippen LogP) is 4.57. The molecule has 0 spiro atoms.